The van der Waals surface area contributed by atoms with Crippen LogP contribution in [-0.2, 0) is 0 Å². The minimum Gasteiger partial charge on any atom is -0.493 e. The normalized spacial score (nSPS) is 10.4. The van der Waals surface area contributed by atoms with Gasteiger partial charge in [-0.1, -0.05) is 12.2 Å². The van der Waals surface area contributed by atoms with Crippen LogP contribution in [0.5, 0.6) is 23.0 Å². The van der Waals surface area contributed by atoms with Crippen LogP contribution in [0.15, 0.2) is 42.6 Å². The summed E-state index contributed by atoms with van der Waals surface area (Å²) in [5.41, 5.74) is 4.24. The Kier molecular flexibility index (Phi) is 5.00. The molecule has 0 radical (unpaired) electrons. The first kappa shape index (κ1) is 17.0. The third kappa shape index (κ3) is 3.49. The van der Waals surface area contributed by atoms with Crippen molar-refractivity contribution < 1.29 is 14.2 Å². The van der Waals surface area contributed by atoms with Gasteiger partial charge in [-0.2, -0.15) is 0 Å². The highest BCUT2D eigenvalue weighted by molar-refractivity contribution is 7.79. The molecule has 0 aliphatic heterocycles. The van der Waals surface area contributed by atoms with E-state index >= 15 is 0 Å². The van der Waals surface area contributed by atoms with Gasteiger partial charge in [0.15, 0.2) is 11.5 Å². The summed E-state index contributed by atoms with van der Waals surface area (Å²) >= 11 is 4.83. The van der Waals surface area contributed by atoms with Gasteiger partial charge in [0.25, 0.3) is 0 Å². The lowest BCUT2D eigenvalue weighted by Crippen LogP contribution is -1.96. The standard InChI is InChI=1S/C19H18N2O3S/c1-12-8-13(4-5-15(12)21-11-25)24-17-6-7-20-16-10-19(23-3)18(22-2)9-14(16)17/h4-11H,1-3H3,(H,21,25). The van der Waals surface area contributed by atoms with Gasteiger partial charge >= 0.3 is 0 Å². The topological polar surface area (TPSA) is 52.6 Å². The Morgan fingerprint density at radius 3 is 2.44 bits per heavy atom. The van der Waals surface area contributed by atoms with E-state index in [1.165, 1.54) is 5.49 Å². The van der Waals surface area contributed by atoms with Crippen LogP contribution in [0.1, 0.15) is 5.56 Å². The number of rotatable bonds is 6. The van der Waals surface area contributed by atoms with E-state index in [1.807, 2.05) is 43.3 Å². The number of methoxy groups -OCH3 is 2. The number of aryl methyl sites for hydroxylation is 1. The van der Waals surface area contributed by atoms with Crippen LogP contribution in [0.25, 0.3) is 10.9 Å². The number of hydrogen-bond donors (Lipinski definition) is 1. The fourth-order valence-corrected chi connectivity index (χ4v) is 2.72. The molecule has 0 unspecified atom stereocenters. The average molecular weight is 354 g/mol. The van der Waals surface area contributed by atoms with Gasteiger partial charge in [-0.15, -0.1) is 0 Å². The molecular weight excluding hydrogens is 336 g/mol. The van der Waals surface area contributed by atoms with E-state index in [4.69, 9.17) is 26.4 Å². The maximum atomic E-state index is 6.08. The number of fused-ring (bicyclic) bond motifs is 1. The van der Waals surface area contributed by atoms with Crippen LogP contribution in [0.3, 0.4) is 0 Å². The first-order valence-corrected chi connectivity index (χ1v) is 8.13. The van der Waals surface area contributed by atoms with Gasteiger partial charge in [0.1, 0.15) is 11.5 Å². The molecule has 0 saturated carbocycles. The van der Waals surface area contributed by atoms with Gasteiger partial charge < -0.3 is 19.5 Å². The molecule has 3 aromatic rings. The number of thiocarbonyl (C=S) groups is 1. The molecule has 0 aliphatic carbocycles. The van der Waals surface area contributed by atoms with Crippen LogP contribution in [0.4, 0.5) is 5.69 Å². The molecule has 0 spiro atoms. The summed E-state index contributed by atoms with van der Waals surface area (Å²) in [4.78, 5) is 4.38. The molecule has 1 aromatic heterocycles. The Hall–Kier alpha value is -2.86. The molecule has 0 amide bonds. The van der Waals surface area contributed by atoms with E-state index in [1.54, 1.807) is 20.4 Å². The van der Waals surface area contributed by atoms with Crippen molar-refractivity contribution >= 4 is 34.3 Å². The fourth-order valence-electron chi connectivity index (χ4n) is 2.59. The quantitative estimate of drug-likeness (QED) is 0.646. The summed E-state index contributed by atoms with van der Waals surface area (Å²) < 4.78 is 16.8. The van der Waals surface area contributed by atoms with Gasteiger partial charge in [-0.3, -0.25) is 4.98 Å². The van der Waals surface area contributed by atoms with E-state index < -0.39 is 0 Å². The van der Waals surface area contributed by atoms with Crippen molar-refractivity contribution in [1.82, 2.24) is 4.98 Å². The number of aromatic nitrogens is 1. The van der Waals surface area contributed by atoms with Gasteiger partial charge in [0, 0.05) is 23.3 Å². The van der Waals surface area contributed by atoms with Crippen molar-refractivity contribution in [3.63, 3.8) is 0 Å². The van der Waals surface area contributed by atoms with Crippen LogP contribution in [0, 0.1) is 6.92 Å². The second kappa shape index (κ2) is 7.36. The van der Waals surface area contributed by atoms with Gasteiger partial charge in [0.05, 0.1) is 25.2 Å². The fraction of sp³-hybridized carbons (Fsp3) is 0.158. The lowest BCUT2D eigenvalue weighted by atomic mass is 10.1. The number of pyridine rings is 1. The Balaban J connectivity index is 2.01. The third-order valence-electron chi connectivity index (χ3n) is 3.85. The highest BCUT2D eigenvalue weighted by Crippen LogP contribution is 2.37. The van der Waals surface area contributed by atoms with Crippen molar-refractivity contribution in [2.75, 3.05) is 19.5 Å². The van der Waals surface area contributed by atoms with Crippen LogP contribution in [0.2, 0.25) is 0 Å². The Morgan fingerprint density at radius 2 is 1.76 bits per heavy atom. The second-order valence-electron chi connectivity index (χ2n) is 5.37. The molecule has 5 nitrogen and oxygen atoms in total. The van der Waals surface area contributed by atoms with Crippen molar-refractivity contribution in [2.45, 2.75) is 6.92 Å². The summed E-state index contributed by atoms with van der Waals surface area (Å²) in [5.74, 6) is 2.69. The van der Waals surface area contributed by atoms with Crippen LogP contribution >= 0.6 is 12.2 Å². The number of hydrogen-bond acceptors (Lipinski definition) is 5. The van der Waals surface area contributed by atoms with E-state index in [0.717, 1.165) is 27.9 Å². The molecular formula is C19H18N2O3S. The molecule has 0 aliphatic rings. The maximum absolute atomic E-state index is 6.08. The molecule has 128 valence electrons. The summed E-state index contributed by atoms with van der Waals surface area (Å²) in [6.07, 6.45) is 1.71. The number of nitrogens with one attached hydrogen (secondary N) is 1. The van der Waals surface area contributed by atoms with Gasteiger partial charge in [-0.25, -0.2) is 0 Å². The number of ether oxygens (including phenoxy) is 3. The first-order valence-electron chi connectivity index (χ1n) is 7.65. The van der Waals surface area contributed by atoms with Crippen LogP contribution in [-0.4, -0.2) is 24.7 Å². The largest absolute Gasteiger partial charge is 0.493 e. The molecule has 0 bridgehead atoms. The maximum Gasteiger partial charge on any atom is 0.162 e. The van der Waals surface area contributed by atoms with Crippen molar-refractivity contribution in [1.29, 1.82) is 0 Å². The van der Waals surface area contributed by atoms with Gasteiger partial charge in [-0.05, 0) is 42.8 Å². The summed E-state index contributed by atoms with van der Waals surface area (Å²) in [6, 6.07) is 11.3. The number of benzene rings is 2. The van der Waals surface area contributed by atoms with Crippen molar-refractivity contribution in [3.05, 3.63) is 48.2 Å². The summed E-state index contributed by atoms with van der Waals surface area (Å²) in [6.45, 7) is 1.99. The molecule has 1 N–H and O–H groups in total. The number of anilines is 1. The Bertz CT molecular complexity index is 928. The molecule has 0 saturated heterocycles. The lowest BCUT2D eigenvalue weighted by Gasteiger charge is -2.13. The predicted molar refractivity (Wildman–Crippen MR) is 103 cm³/mol. The zero-order valence-corrected chi connectivity index (χ0v) is 15.0. The Morgan fingerprint density at radius 1 is 1.00 bits per heavy atom. The molecule has 0 fully saturated rings. The highest BCUT2D eigenvalue weighted by Gasteiger charge is 2.11. The average Bonchev–Trinajstić information content (AvgIpc) is 2.63. The molecule has 0 atom stereocenters. The SMILES string of the molecule is COc1cc2nccc(Oc3ccc(NC=S)c(C)c3)c2cc1OC. The minimum absolute atomic E-state index is 0.629. The molecule has 2 aromatic carbocycles. The second-order valence-corrected chi connectivity index (χ2v) is 5.61. The monoisotopic (exact) mass is 354 g/mol. The minimum atomic E-state index is 0.629. The van der Waals surface area contributed by atoms with Crippen molar-refractivity contribution in [2.24, 2.45) is 0 Å². The van der Waals surface area contributed by atoms with E-state index in [0.29, 0.717) is 17.2 Å². The van der Waals surface area contributed by atoms with E-state index in [2.05, 4.69) is 10.3 Å². The third-order valence-corrected chi connectivity index (χ3v) is 3.96. The summed E-state index contributed by atoms with van der Waals surface area (Å²) in [5, 5.41) is 3.86. The predicted octanol–water partition coefficient (Wildman–Crippen LogP) is 4.72. The lowest BCUT2D eigenvalue weighted by molar-refractivity contribution is 0.355. The number of nitrogens with zero attached hydrogens (tertiary/aromatic N) is 1. The molecule has 3 rings (SSSR count). The zero-order chi connectivity index (χ0) is 17.8. The van der Waals surface area contributed by atoms with Crippen molar-refractivity contribution in [3.8, 4) is 23.0 Å². The molecule has 6 heteroatoms. The van der Waals surface area contributed by atoms with E-state index in [-0.39, 0.29) is 0 Å². The van der Waals surface area contributed by atoms with Crippen LogP contribution < -0.4 is 19.5 Å². The van der Waals surface area contributed by atoms with E-state index in [9.17, 15) is 0 Å². The highest BCUT2D eigenvalue weighted by atomic mass is 32.1. The van der Waals surface area contributed by atoms with Gasteiger partial charge in [0.2, 0.25) is 0 Å². The molecule has 25 heavy (non-hydrogen) atoms. The summed E-state index contributed by atoms with van der Waals surface area (Å²) in [7, 11) is 3.20. The first-order chi connectivity index (χ1) is 12.2. The smallest absolute Gasteiger partial charge is 0.162 e. The zero-order valence-electron chi connectivity index (χ0n) is 14.2. The molecule has 1 heterocycles. The Labute approximate surface area is 151 Å².